The average Bonchev–Trinajstić information content (AvgIpc) is 3.23. The molecule has 5 nitrogen and oxygen atoms in total. The van der Waals surface area contributed by atoms with E-state index >= 15 is 0 Å². The zero-order chi connectivity index (χ0) is 16.5. The highest BCUT2D eigenvalue weighted by molar-refractivity contribution is 7.99. The largest absolute Gasteiger partial charge is 0.309 e. The predicted molar refractivity (Wildman–Crippen MR) is 93.5 cm³/mol. The maximum absolute atomic E-state index is 13.4. The second-order valence-corrected chi connectivity index (χ2v) is 7.96. The number of nitrogens with one attached hydrogen (secondary N) is 1. The standard InChI is InChI=1S/C16H16FN5S2/c1-10(23-14-9-19-22-6-5-18-8-13(14)22)15-20-21-16(24-15)11-3-2-4-12(17)7-11/h2-4,7,9-10,18H,5-6,8H2,1H3. The summed E-state index contributed by atoms with van der Waals surface area (Å²) in [5, 5.41) is 18.2. The van der Waals surface area contributed by atoms with E-state index in [1.54, 1.807) is 17.8 Å². The molecular weight excluding hydrogens is 345 g/mol. The molecule has 1 unspecified atom stereocenters. The van der Waals surface area contributed by atoms with Crippen LogP contribution >= 0.6 is 23.1 Å². The van der Waals surface area contributed by atoms with Crippen molar-refractivity contribution in [2.24, 2.45) is 0 Å². The Morgan fingerprint density at radius 2 is 2.29 bits per heavy atom. The molecule has 0 saturated carbocycles. The summed E-state index contributed by atoms with van der Waals surface area (Å²) in [6.07, 6.45) is 1.93. The first kappa shape index (κ1) is 15.7. The van der Waals surface area contributed by atoms with Crippen LogP contribution in [0.15, 0.2) is 35.4 Å². The molecule has 1 aromatic carbocycles. The number of benzene rings is 1. The van der Waals surface area contributed by atoms with Crippen LogP contribution in [0.1, 0.15) is 22.9 Å². The molecule has 24 heavy (non-hydrogen) atoms. The highest BCUT2D eigenvalue weighted by Crippen LogP contribution is 2.39. The summed E-state index contributed by atoms with van der Waals surface area (Å²) in [5.74, 6) is -0.259. The highest BCUT2D eigenvalue weighted by Gasteiger charge is 2.20. The number of rotatable bonds is 4. The van der Waals surface area contributed by atoms with Crippen molar-refractivity contribution in [1.82, 2.24) is 25.3 Å². The van der Waals surface area contributed by atoms with Crippen molar-refractivity contribution in [1.29, 1.82) is 0 Å². The van der Waals surface area contributed by atoms with E-state index in [1.165, 1.54) is 34.1 Å². The lowest BCUT2D eigenvalue weighted by atomic mass is 10.2. The quantitative estimate of drug-likeness (QED) is 0.721. The maximum Gasteiger partial charge on any atom is 0.147 e. The molecule has 0 fully saturated rings. The Balaban J connectivity index is 1.53. The molecule has 0 aliphatic carbocycles. The van der Waals surface area contributed by atoms with Gasteiger partial charge in [-0.1, -0.05) is 23.5 Å². The van der Waals surface area contributed by atoms with Gasteiger partial charge in [0.1, 0.15) is 15.8 Å². The molecule has 0 spiro atoms. The Morgan fingerprint density at radius 3 is 3.17 bits per heavy atom. The number of fused-ring (bicyclic) bond motifs is 1. The molecule has 0 bridgehead atoms. The predicted octanol–water partition coefficient (Wildman–Crippen LogP) is 3.50. The van der Waals surface area contributed by atoms with Crippen LogP contribution in [0.25, 0.3) is 10.6 Å². The van der Waals surface area contributed by atoms with Crippen LogP contribution in [0.5, 0.6) is 0 Å². The van der Waals surface area contributed by atoms with Crippen LogP contribution in [0.2, 0.25) is 0 Å². The van der Waals surface area contributed by atoms with E-state index in [0.717, 1.165) is 35.2 Å². The lowest BCUT2D eigenvalue weighted by Gasteiger charge is -2.16. The third kappa shape index (κ3) is 3.09. The van der Waals surface area contributed by atoms with Crippen LogP contribution < -0.4 is 5.32 Å². The Kier molecular flexibility index (Phi) is 4.34. The topological polar surface area (TPSA) is 55.6 Å². The van der Waals surface area contributed by atoms with E-state index in [0.29, 0.717) is 0 Å². The molecule has 124 valence electrons. The molecule has 0 saturated heterocycles. The molecule has 3 heterocycles. The number of thioether (sulfide) groups is 1. The first-order valence-corrected chi connectivity index (χ1v) is 9.42. The summed E-state index contributed by atoms with van der Waals surface area (Å²) in [6.45, 7) is 4.83. The Morgan fingerprint density at radius 1 is 1.38 bits per heavy atom. The van der Waals surface area contributed by atoms with Crippen LogP contribution in [-0.2, 0) is 13.1 Å². The molecule has 1 atom stereocenters. The summed E-state index contributed by atoms with van der Waals surface area (Å²) in [7, 11) is 0. The van der Waals surface area contributed by atoms with Crippen molar-refractivity contribution in [2.75, 3.05) is 6.54 Å². The maximum atomic E-state index is 13.4. The van der Waals surface area contributed by atoms with Crippen molar-refractivity contribution in [2.45, 2.75) is 30.2 Å². The molecule has 4 rings (SSSR count). The van der Waals surface area contributed by atoms with Gasteiger partial charge in [0.15, 0.2) is 0 Å². The number of aromatic nitrogens is 4. The van der Waals surface area contributed by atoms with E-state index in [-0.39, 0.29) is 11.1 Å². The van der Waals surface area contributed by atoms with Gasteiger partial charge in [0.05, 0.1) is 28.6 Å². The summed E-state index contributed by atoms with van der Waals surface area (Å²) in [6, 6.07) is 6.46. The molecule has 1 aliphatic rings. The van der Waals surface area contributed by atoms with E-state index in [4.69, 9.17) is 0 Å². The summed E-state index contributed by atoms with van der Waals surface area (Å²) < 4.78 is 15.4. The minimum absolute atomic E-state index is 0.167. The zero-order valence-electron chi connectivity index (χ0n) is 13.1. The van der Waals surface area contributed by atoms with E-state index in [9.17, 15) is 4.39 Å². The highest BCUT2D eigenvalue weighted by atomic mass is 32.2. The number of halogens is 1. The normalized spacial score (nSPS) is 15.2. The number of nitrogens with zero attached hydrogens (tertiary/aromatic N) is 4. The summed E-state index contributed by atoms with van der Waals surface area (Å²) >= 11 is 3.25. The van der Waals surface area contributed by atoms with Crippen LogP contribution in [0.3, 0.4) is 0 Å². The Labute approximate surface area is 147 Å². The van der Waals surface area contributed by atoms with Crippen molar-refractivity contribution >= 4 is 23.1 Å². The minimum Gasteiger partial charge on any atom is -0.309 e. The fraction of sp³-hybridized carbons (Fsp3) is 0.312. The summed E-state index contributed by atoms with van der Waals surface area (Å²) in [4.78, 5) is 1.18. The molecule has 1 aliphatic heterocycles. The van der Waals surface area contributed by atoms with Gasteiger partial charge in [-0.15, -0.1) is 22.0 Å². The van der Waals surface area contributed by atoms with Gasteiger partial charge in [0, 0.05) is 18.7 Å². The average molecular weight is 361 g/mol. The third-order valence-corrected chi connectivity index (χ3v) is 6.34. The minimum atomic E-state index is -0.259. The van der Waals surface area contributed by atoms with Gasteiger partial charge in [-0.25, -0.2) is 4.39 Å². The number of hydrogen-bond acceptors (Lipinski definition) is 6. The van der Waals surface area contributed by atoms with Crippen LogP contribution in [0.4, 0.5) is 4.39 Å². The van der Waals surface area contributed by atoms with Crippen molar-refractivity contribution in [3.8, 4) is 10.6 Å². The lowest BCUT2D eigenvalue weighted by molar-refractivity contribution is 0.471. The van der Waals surface area contributed by atoms with E-state index in [1.807, 2.05) is 12.3 Å². The molecule has 1 N–H and O–H groups in total. The second-order valence-electron chi connectivity index (χ2n) is 5.57. The van der Waals surface area contributed by atoms with Gasteiger partial charge in [-0.05, 0) is 19.1 Å². The van der Waals surface area contributed by atoms with Gasteiger partial charge in [-0.2, -0.15) is 5.10 Å². The first-order chi connectivity index (χ1) is 11.7. The Bertz CT molecular complexity index is 860. The fourth-order valence-electron chi connectivity index (χ4n) is 2.63. The molecule has 0 radical (unpaired) electrons. The zero-order valence-corrected chi connectivity index (χ0v) is 14.7. The monoisotopic (exact) mass is 361 g/mol. The SMILES string of the molecule is CC(Sc1cnn2c1CNCC2)c1nnc(-c2cccc(F)c2)s1. The molecule has 2 aromatic heterocycles. The molecule has 8 heteroatoms. The molecule has 3 aromatic rings. The second kappa shape index (κ2) is 6.62. The number of hydrogen-bond donors (Lipinski definition) is 1. The fourth-order valence-corrected chi connectivity index (χ4v) is 4.64. The third-order valence-electron chi connectivity index (χ3n) is 3.87. The lowest BCUT2D eigenvalue weighted by Crippen LogP contribution is -2.28. The van der Waals surface area contributed by atoms with Gasteiger partial charge in [-0.3, -0.25) is 4.68 Å². The van der Waals surface area contributed by atoms with Crippen LogP contribution in [0, 0.1) is 5.82 Å². The van der Waals surface area contributed by atoms with E-state index < -0.39 is 0 Å². The van der Waals surface area contributed by atoms with E-state index in [2.05, 4.69) is 32.2 Å². The van der Waals surface area contributed by atoms with Gasteiger partial charge in [0.2, 0.25) is 0 Å². The summed E-state index contributed by atoms with van der Waals surface area (Å²) in [5.41, 5.74) is 2.00. The molecular formula is C16H16FN5S2. The van der Waals surface area contributed by atoms with Gasteiger partial charge in [0.25, 0.3) is 0 Å². The smallest absolute Gasteiger partial charge is 0.147 e. The van der Waals surface area contributed by atoms with Crippen LogP contribution in [-0.4, -0.2) is 26.5 Å². The van der Waals surface area contributed by atoms with Crippen molar-refractivity contribution in [3.63, 3.8) is 0 Å². The molecule has 0 amide bonds. The van der Waals surface area contributed by atoms with Gasteiger partial charge >= 0.3 is 0 Å². The van der Waals surface area contributed by atoms with Crippen molar-refractivity contribution in [3.05, 3.63) is 47.0 Å². The van der Waals surface area contributed by atoms with Crippen molar-refractivity contribution < 1.29 is 4.39 Å². The first-order valence-electron chi connectivity index (χ1n) is 7.72. The van der Waals surface area contributed by atoms with Gasteiger partial charge < -0.3 is 5.32 Å². The Hall–Kier alpha value is -1.77.